The molecule has 1 saturated heterocycles. The lowest BCUT2D eigenvalue weighted by molar-refractivity contribution is -0.137. The van der Waals surface area contributed by atoms with Crippen LogP contribution in [0, 0.1) is 5.92 Å². The molecule has 2 unspecified atom stereocenters. The van der Waals surface area contributed by atoms with Crippen LogP contribution in [-0.4, -0.2) is 12.6 Å². The van der Waals surface area contributed by atoms with E-state index in [9.17, 15) is 13.2 Å². The maximum absolute atomic E-state index is 12.5. The predicted molar refractivity (Wildman–Crippen MR) is 60.7 cm³/mol. The van der Waals surface area contributed by atoms with E-state index in [0.29, 0.717) is 12.0 Å². The largest absolute Gasteiger partial charge is 0.416 e. The lowest BCUT2D eigenvalue weighted by Gasteiger charge is -2.11. The Labute approximate surface area is 99.0 Å². The van der Waals surface area contributed by atoms with Gasteiger partial charge >= 0.3 is 6.18 Å². The van der Waals surface area contributed by atoms with Crippen molar-refractivity contribution in [1.29, 1.82) is 0 Å². The SMILES string of the molecule is CC1CC(Cc2cccc(C(F)(F)F)c2)CN1. The molecule has 0 radical (unpaired) electrons. The molecule has 0 saturated carbocycles. The summed E-state index contributed by atoms with van der Waals surface area (Å²) in [6.45, 7) is 3.00. The summed E-state index contributed by atoms with van der Waals surface area (Å²) in [4.78, 5) is 0. The third kappa shape index (κ3) is 3.22. The van der Waals surface area contributed by atoms with Gasteiger partial charge < -0.3 is 5.32 Å². The van der Waals surface area contributed by atoms with E-state index in [1.807, 2.05) is 0 Å². The fourth-order valence-electron chi connectivity index (χ4n) is 2.40. The first-order valence-corrected chi connectivity index (χ1v) is 5.84. The third-order valence-electron chi connectivity index (χ3n) is 3.22. The molecule has 2 rings (SSSR count). The van der Waals surface area contributed by atoms with Crippen LogP contribution in [0.4, 0.5) is 13.2 Å². The molecule has 2 atom stereocenters. The summed E-state index contributed by atoms with van der Waals surface area (Å²) in [5, 5.41) is 3.31. The van der Waals surface area contributed by atoms with Crippen molar-refractivity contribution in [3.8, 4) is 0 Å². The van der Waals surface area contributed by atoms with Crippen molar-refractivity contribution in [3.05, 3.63) is 35.4 Å². The number of alkyl halides is 3. The number of hydrogen-bond donors (Lipinski definition) is 1. The number of benzene rings is 1. The number of nitrogens with one attached hydrogen (secondary N) is 1. The Morgan fingerprint density at radius 2 is 2.12 bits per heavy atom. The number of rotatable bonds is 2. The van der Waals surface area contributed by atoms with E-state index in [0.717, 1.165) is 31.0 Å². The van der Waals surface area contributed by atoms with E-state index in [1.165, 1.54) is 12.1 Å². The zero-order valence-electron chi connectivity index (χ0n) is 9.72. The first-order valence-electron chi connectivity index (χ1n) is 5.84. The Morgan fingerprint density at radius 1 is 1.35 bits per heavy atom. The molecule has 1 aliphatic rings. The van der Waals surface area contributed by atoms with Gasteiger partial charge in [0, 0.05) is 6.04 Å². The zero-order valence-corrected chi connectivity index (χ0v) is 9.72. The average molecular weight is 243 g/mol. The van der Waals surface area contributed by atoms with Crippen molar-refractivity contribution < 1.29 is 13.2 Å². The van der Waals surface area contributed by atoms with Crippen LogP contribution in [0.15, 0.2) is 24.3 Å². The molecule has 1 aromatic carbocycles. The summed E-state index contributed by atoms with van der Waals surface area (Å²) in [7, 11) is 0. The highest BCUT2D eigenvalue weighted by atomic mass is 19.4. The minimum Gasteiger partial charge on any atom is -0.314 e. The molecule has 1 fully saturated rings. The van der Waals surface area contributed by atoms with Crippen LogP contribution in [-0.2, 0) is 12.6 Å². The Balaban J connectivity index is 2.06. The molecule has 1 nitrogen and oxygen atoms in total. The number of halogens is 3. The Hall–Kier alpha value is -1.03. The minimum absolute atomic E-state index is 0.452. The monoisotopic (exact) mass is 243 g/mol. The summed E-state index contributed by atoms with van der Waals surface area (Å²) in [6.07, 6.45) is -2.48. The fraction of sp³-hybridized carbons (Fsp3) is 0.538. The van der Waals surface area contributed by atoms with Gasteiger partial charge in [-0.25, -0.2) is 0 Å². The predicted octanol–water partition coefficient (Wildman–Crippen LogP) is 3.25. The highest BCUT2D eigenvalue weighted by Crippen LogP contribution is 2.30. The van der Waals surface area contributed by atoms with Gasteiger partial charge in [-0.2, -0.15) is 13.2 Å². The van der Waals surface area contributed by atoms with Gasteiger partial charge in [0.15, 0.2) is 0 Å². The Morgan fingerprint density at radius 3 is 2.71 bits per heavy atom. The van der Waals surface area contributed by atoms with E-state index >= 15 is 0 Å². The zero-order chi connectivity index (χ0) is 12.5. The smallest absolute Gasteiger partial charge is 0.314 e. The summed E-state index contributed by atoms with van der Waals surface area (Å²) < 4.78 is 37.6. The van der Waals surface area contributed by atoms with Crippen LogP contribution >= 0.6 is 0 Å². The van der Waals surface area contributed by atoms with Gasteiger partial charge in [-0.15, -0.1) is 0 Å². The quantitative estimate of drug-likeness (QED) is 0.840. The average Bonchev–Trinajstić information content (AvgIpc) is 2.63. The van der Waals surface area contributed by atoms with Crippen LogP contribution in [0.3, 0.4) is 0 Å². The molecule has 4 heteroatoms. The Bertz CT molecular complexity index is 386. The highest BCUT2D eigenvalue weighted by Gasteiger charge is 2.30. The Kier molecular flexibility index (Phi) is 3.43. The molecule has 17 heavy (non-hydrogen) atoms. The summed E-state index contributed by atoms with van der Waals surface area (Å²) in [6, 6.07) is 6.13. The molecule has 0 amide bonds. The first kappa shape index (κ1) is 12.4. The first-order chi connectivity index (χ1) is 7.95. The molecule has 0 aromatic heterocycles. The topological polar surface area (TPSA) is 12.0 Å². The van der Waals surface area contributed by atoms with E-state index in [4.69, 9.17) is 0 Å². The summed E-state index contributed by atoms with van der Waals surface area (Å²) in [5.74, 6) is 0.452. The van der Waals surface area contributed by atoms with Crippen molar-refractivity contribution in [2.75, 3.05) is 6.54 Å². The van der Waals surface area contributed by atoms with Crippen molar-refractivity contribution in [2.24, 2.45) is 5.92 Å². The summed E-state index contributed by atoms with van der Waals surface area (Å²) in [5.41, 5.74) is 0.231. The van der Waals surface area contributed by atoms with E-state index < -0.39 is 11.7 Å². The second kappa shape index (κ2) is 4.69. The third-order valence-corrected chi connectivity index (χ3v) is 3.22. The second-order valence-electron chi connectivity index (χ2n) is 4.81. The molecule has 1 heterocycles. The van der Waals surface area contributed by atoms with Crippen molar-refractivity contribution >= 4 is 0 Å². The molecule has 0 aliphatic carbocycles. The molecule has 1 N–H and O–H groups in total. The molecule has 94 valence electrons. The minimum atomic E-state index is -4.24. The molecule has 0 spiro atoms. The van der Waals surface area contributed by atoms with E-state index in [1.54, 1.807) is 6.07 Å². The van der Waals surface area contributed by atoms with Crippen molar-refractivity contribution in [2.45, 2.75) is 32.0 Å². The van der Waals surface area contributed by atoms with Gasteiger partial charge in [-0.3, -0.25) is 0 Å². The molecule has 0 bridgehead atoms. The van der Waals surface area contributed by atoms with Crippen LogP contribution in [0.5, 0.6) is 0 Å². The number of hydrogen-bond acceptors (Lipinski definition) is 1. The van der Waals surface area contributed by atoms with Crippen LogP contribution < -0.4 is 5.32 Å². The van der Waals surface area contributed by atoms with Crippen molar-refractivity contribution in [3.63, 3.8) is 0 Å². The summed E-state index contributed by atoms with van der Waals surface area (Å²) >= 11 is 0. The lowest BCUT2D eigenvalue weighted by Crippen LogP contribution is -2.17. The van der Waals surface area contributed by atoms with Crippen LogP contribution in [0.25, 0.3) is 0 Å². The lowest BCUT2D eigenvalue weighted by atomic mass is 9.96. The van der Waals surface area contributed by atoms with Crippen LogP contribution in [0.2, 0.25) is 0 Å². The van der Waals surface area contributed by atoms with Crippen LogP contribution in [0.1, 0.15) is 24.5 Å². The molecular weight excluding hydrogens is 227 g/mol. The van der Waals surface area contributed by atoms with Gasteiger partial charge in [-0.1, -0.05) is 18.2 Å². The molecule has 1 aliphatic heterocycles. The van der Waals surface area contributed by atoms with Crippen molar-refractivity contribution in [1.82, 2.24) is 5.32 Å². The van der Waals surface area contributed by atoms with Gasteiger partial charge in [0.2, 0.25) is 0 Å². The molecule has 1 aromatic rings. The molecular formula is C13H16F3N. The highest BCUT2D eigenvalue weighted by molar-refractivity contribution is 5.26. The fourth-order valence-corrected chi connectivity index (χ4v) is 2.40. The van der Waals surface area contributed by atoms with Gasteiger partial charge in [0.25, 0.3) is 0 Å². The van der Waals surface area contributed by atoms with Gasteiger partial charge in [-0.05, 0) is 43.9 Å². The maximum Gasteiger partial charge on any atom is 0.416 e. The van der Waals surface area contributed by atoms with Gasteiger partial charge in [0.1, 0.15) is 0 Å². The van der Waals surface area contributed by atoms with Gasteiger partial charge in [0.05, 0.1) is 5.56 Å². The van der Waals surface area contributed by atoms with E-state index in [2.05, 4.69) is 12.2 Å². The second-order valence-corrected chi connectivity index (χ2v) is 4.81. The van der Waals surface area contributed by atoms with E-state index in [-0.39, 0.29) is 0 Å². The maximum atomic E-state index is 12.5. The normalized spacial score (nSPS) is 25.2. The standard InChI is InChI=1S/C13H16F3N/c1-9-5-11(8-17-9)6-10-3-2-4-12(7-10)13(14,15)16/h2-4,7,9,11,17H,5-6,8H2,1H3.